The fourth-order valence-electron chi connectivity index (χ4n) is 5.20. The number of carbonyl (C=O) groups is 4. The molecule has 0 saturated carbocycles. The summed E-state index contributed by atoms with van der Waals surface area (Å²) in [5.74, 6) is 1.30. The second-order valence-corrected chi connectivity index (χ2v) is 10.6. The third-order valence-corrected chi connectivity index (χ3v) is 7.55. The van der Waals surface area contributed by atoms with Gasteiger partial charge in [-0.2, -0.15) is 0 Å². The van der Waals surface area contributed by atoms with Crippen LogP contribution in [-0.4, -0.2) is 35.6 Å². The Morgan fingerprint density at radius 3 is 1.47 bits per heavy atom. The van der Waals surface area contributed by atoms with Crippen molar-refractivity contribution >= 4 is 29.3 Å². The van der Waals surface area contributed by atoms with Crippen LogP contribution < -0.4 is 19.1 Å². The number of amides is 4. The van der Waals surface area contributed by atoms with Crippen molar-refractivity contribution in [3.63, 3.8) is 0 Å². The van der Waals surface area contributed by atoms with Gasteiger partial charge in [-0.05, 0) is 91.9 Å². The van der Waals surface area contributed by atoms with Crippen molar-refractivity contribution in [3.8, 4) is 34.5 Å². The van der Waals surface area contributed by atoms with Crippen LogP contribution in [0.15, 0.2) is 109 Å². The van der Waals surface area contributed by atoms with E-state index in [0.29, 0.717) is 45.7 Å². The third-order valence-electron chi connectivity index (χ3n) is 7.55. The summed E-state index contributed by atoms with van der Waals surface area (Å²) in [6, 6.07) is 30.8. The lowest BCUT2D eigenvalue weighted by Gasteiger charge is -2.15. The Bertz CT molecular complexity index is 2030. The van der Waals surface area contributed by atoms with Gasteiger partial charge in [0, 0.05) is 13.1 Å². The summed E-state index contributed by atoms with van der Waals surface area (Å²) >= 11 is 0. The van der Waals surface area contributed by atoms with Crippen LogP contribution >= 0.6 is 0 Å². The number of imide groups is 2. The summed E-state index contributed by atoms with van der Waals surface area (Å²) in [7, 11) is 1.42. The molecule has 0 fully saturated rings. The standard InChI is InChI=1S/C36H24N2O7/c1-21-6-10-23(11-7-21)43-25-4-3-5-26(18-25)44-24-12-8-22(9-13-24)38-35(41)30-17-15-28(20-32(30)36(38)42)45-27-14-16-29-31(19-27)34(40)37(2)33(29)39/h3-20H,1-2H3. The average Bonchev–Trinajstić information content (AvgIpc) is 3.42. The third kappa shape index (κ3) is 5.06. The highest BCUT2D eigenvalue weighted by Crippen LogP contribution is 2.35. The van der Waals surface area contributed by atoms with Crippen LogP contribution in [0.25, 0.3) is 0 Å². The first-order valence-corrected chi connectivity index (χ1v) is 14.0. The van der Waals surface area contributed by atoms with Gasteiger partial charge >= 0.3 is 0 Å². The fourth-order valence-corrected chi connectivity index (χ4v) is 5.20. The summed E-state index contributed by atoms with van der Waals surface area (Å²) in [6.07, 6.45) is 0. The first-order valence-electron chi connectivity index (χ1n) is 14.0. The predicted molar refractivity (Wildman–Crippen MR) is 165 cm³/mol. The molecule has 220 valence electrons. The molecule has 2 aliphatic rings. The van der Waals surface area contributed by atoms with E-state index >= 15 is 0 Å². The van der Waals surface area contributed by atoms with Gasteiger partial charge in [0.1, 0.15) is 34.5 Å². The number of anilines is 1. The summed E-state index contributed by atoms with van der Waals surface area (Å²) in [5.41, 5.74) is 2.51. The molecule has 0 unspecified atom stereocenters. The molecule has 5 aromatic rings. The van der Waals surface area contributed by atoms with Crippen molar-refractivity contribution in [3.05, 3.63) is 137 Å². The van der Waals surface area contributed by atoms with E-state index in [1.54, 1.807) is 48.5 Å². The van der Waals surface area contributed by atoms with E-state index in [-0.39, 0.29) is 22.6 Å². The zero-order valence-electron chi connectivity index (χ0n) is 24.1. The molecule has 0 saturated heterocycles. The molecule has 9 heteroatoms. The van der Waals surface area contributed by atoms with Gasteiger partial charge in [-0.1, -0.05) is 23.8 Å². The van der Waals surface area contributed by atoms with Gasteiger partial charge < -0.3 is 14.2 Å². The topological polar surface area (TPSA) is 102 Å². The van der Waals surface area contributed by atoms with Crippen LogP contribution in [0.5, 0.6) is 34.5 Å². The highest BCUT2D eigenvalue weighted by Gasteiger charge is 2.37. The lowest BCUT2D eigenvalue weighted by Crippen LogP contribution is -2.29. The van der Waals surface area contributed by atoms with E-state index in [4.69, 9.17) is 14.2 Å². The monoisotopic (exact) mass is 596 g/mol. The zero-order chi connectivity index (χ0) is 31.2. The minimum absolute atomic E-state index is 0.190. The maximum absolute atomic E-state index is 13.4. The molecular weight excluding hydrogens is 572 g/mol. The van der Waals surface area contributed by atoms with Crippen molar-refractivity contribution in [2.24, 2.45) is 0 Å². The van der Waals surface area contributed by atoms with E-state index in [0.717, 1.165) is 15.4 Å². The van der Waals surface area contributed by atoms with E-state index in [1.165, 1.54) is 31.3 Å². The maximum Gasteiger partial charge on any atom is 0.266 e. The largest absolute Gasteiger partial charge is 0.457 e. The number of carbonyl (C=O) groups excluding carboxylic acids is 4. The van der Waals surface area contributed by atoms with Gasteiger partial charge in [0.2, 0.25) is 0 Å². The molecule has 0 N–H and O–H groups in total. The molecule has 0 aromatic heterocycles. The van der Waals surface area contributed by atoms with Crippen molar-refractivity contribution in [2.75, 3.05) is 11.9 Å². The molecule has 0 spiro atoms. The highest BCUT2D eigenvalue weighted by molar-refractivity contribution is 6.34. The first-order chi connectivity index (χ1) is 21.7. The lowest BCUT2D eigenvalue weighted by atomic mass is 10.1. The number of hydrogen-bond acceptors (Lipinski definition) is 7. The van der Waals surface area contributed by atoms with Gasteiger partial charge in [-0.15, -0.1) is 0 Å². The molecule has 0 radical (unpaired) electrons. The summed E-state index contributed by atoms with van der Waals surface area (Å²) < 4.78 is 17.8. The second kappa shape index (κ2) is 10.8. The molecule has 5 aromatic carbocycles. The molecule has 45 heavy (non-hydrogen) atoms. The van der Waals surface area contributed by atoms with Gasteiger partial charge in [-0.25, -0.2) is 4.90 Å². The Morgan fingerprint density at radius 1 is 0.444 bits per heavy atom. The number of aryl methyl sites for hydroxylation is 1. The summed E-state index contributed by atoms with van der Waals surface area (Å²) in [4.78, 5) is 53.3. The zero-order valence-corrected chi connectivity index (χ0v) is 24.1. The predicted octanol–water partition coefficient (Wildman–Crippen LogP) is 7.40. The second-order valence-electron chi connectivity index (χ2n) is 10.6. The first kappa shape index (κ1) is 27.6. The average molecular weight is 597 g/mol. The molecule has 2 heterocycles. The molecule has 7 rings (SSSR count). The fraction of sp³-hybridized carbons (Fsp3) is 0.0556. The number of rotatable bonds is 7. The quantitative estimate of drug-likeness (QED) is 0.180. The molecular formula is C36H24N2O7. The van der Waals surface area contributed by atoms with Gasteiger partial charge in [0.15, 0.2) is 0 Å². The summed E-state index contributed by atoms with van der Waals surface area (Å²) in [6.45, 7) is 2.01. The van der Waals surface area contributed by atoms with Crippen molar-refractivity contribution < 1.29 is 33.4 Å². The van der Waals surface area contributed by atoms with Crippen LogP contribution in [0.3, 0.4) is 0 Å². The number of nitrogens with zero attached hydrogens (tertiary/aromatic N) is 2. The molecule has 0 atom stereocenters. The molecule has 9 nitrogen and oxygen atoms in total. The number of ether oxygens (including phenoxy) is 3. The molecule has 2 aliphatic heterocycles. The molecule has 4 amide bonds. The molecule has 0 aliphatic carbocycles. The SMILES string of the molecule is Cc1ccc(Oc2cccc(Oc3ccc(N4C(=O)c5ccc(Oc6ccc7c(c6)C(=O)N(C)C7=O)cc5C4=O)cc3)c2)cc1. The Balaban J connectivity index is 1.05. The van der Waals surface area contributed by atoms with Gasteiger partial charge in [0.05, 0.1) is 27.9 Å². The van der Waals surface area contributed by atoms with E-state index in [1.807, 2.05) is 43.3 Å². The van der Waals surface area contributed by atoms with Gasteiger partial charge in [0.25, 0.3) is 23.6 Å². The maximum atomic E-state index is 13.4. The van der Waals surface area contributed by atoms with Crippen LogP contribution in [0.2, 0.25) is 0 Å². The normalized spacial score (nSPS) is 13.6. The minimum atomic E-state index is -0.494. The highest BCUT2D eigenvalue weighted by atomic mass is 16.5. The van der Waals surface area contributed by atoms with Gasteiger partial charge in [-0.3, -0.25) is 24.1 Å². The molecule has 0 bridgehead atoms. The van der Waals surface area contributed by atoms with E-state index in [9.17, 15) is 19.2 Å². The minimum Gasteiger partial charge on any atom is -0.457 e. The van der Waals surface area contributed by atoms with Crippen LogP contribution in [0.4, 0.5) is 5.69 Å². The Morgan fingerprint density at radius 2 is 0.867 bits per heavy atom. The Hall–Kier alpha value is -6.22. The van der Waals surface area contributed by atoms with Crippen molar-refractivity contribution in [2.45, 2.75) is 6.92 Å². The Kier molecular flexibility index (Phi) is 6.63. The number of benzene rings is 5. The van der Waals surface area contributed by atoms with Crippen molar-refractivity contribution in [1.82, 2.24) is 4.90 Å². The number of hydrogen-bond donors (Lipinski definition) is 0. The van der Waals surface area contributed by atoms with E-state index in [2.05, 4.69) is 0 Å². The number of fused-ring (bicyclic) bond motifs is 2. The smallest absolute Gasteiger partial charge is 0.266 e. The summed E-state index contributed by atoms with van der Waals surface area (Å²) in [5, 5.41) is 0. The van der Waals surface area contributed by atoms with Crippen molar-refractivity contribution in [1.29, 1.82) is 0 Å². The van der Waals surface area contributed by atoms with Crippen LogP contribution in [-0.2, 0) is 0 Å². The van der Waals surface area contributed by atoms with Crippen LogP contribution in [0, 0.1) is 6.92 Å². The van der Waals surface area contributed by atoms with Crippen LogP contribution in [0.1, 0.15) is 47.0 Å². The lowest BCUT2D eigenvalue weighted by molar-refractivity contribution is 0.0692. The Labute approximate surface area is 257 Å². The van der Waals surface area contributed by atoms with E-state index < -0.39 is 17.7 Å².